The van der Waals surface area contributed by atoms with Crippen LogP contribution in [-0.2, 0) is 10.8 Å². The molecule has 0 radical (unpaired) electrons. The lowest BCUT2D eigenvalue weighted by atomic mass is 9.77. The average Bonchev–Trinajstić information content (AvgIpc) is 2.80. The second-order valence-corrected chi connectivity index (χ2v) is 10.9. The van der Waals surface area contributed by atoms with Crippen molar-refractivity contribution in [2.24, 2.45) is 0 Å². The van der Waals surface area contributed by atoms with E-state index in [0.29, 0.717) is 0 Å². The standard InChI is InChI=1S/C34H32/c1-33(2,3)31-23-27(19-17-25-13-9-7-10-14-25)22-30-29(31)21-28(24-32(30)34(4,5)6)20-18-26-15-11-8-12-16-26/h7-16,21-24H,1-6H3. The maximum atomic E-state index is 3.43. The maximum Gasteiger partial charge on any atom is 0.0258 e. The highest BCUT2D eigenvalue weighted by molar-refractivity contribution is 5.93. The molecule has 0 heteroatoms. The molecule has 0 aliphatic rings. The Labute approximate surface area is 205 Å². The van der Waals surface area contributed by atoms with E-state index < -0.39 is 0 Å². The molecule has 0 saturated heterocycles. The second kappa shape index (κ2) is 9.25. The van der Waals surface area contributed by atoms with E-state index in [2.05, 4.69) is 114 Å². The zero-order chi connectivity index (χ0) is 24.3. The molecule has 0 atom stereocenters. The van der Waals surface area contributed by atoms with Gasteiger partial charge in [0, 0.05) is 22.3 Å². The van der Waals surface area contributed by atoms with E-state index >= 15 is 0 Å². The zero-order valence-electron chi connectivity index (χ0n) is 21.1. The third-order valence-electron chi connectivity index (χ3n) is 5.94. The quantitative estimate of drug-likeness (QED) is 0.242. The predicted molar refractivity (Wildman–Crippen MR) is 146 cm³/mol. The summed E-state index contributed by atoms with van der Waals surface area (Å²) in [7, 11) is 0. The zero-order valence-corrected chi connectivity index (χ0v) is 21.1. The van der Waals surface area contributed by atoms with Crippen molar-refractivity contribution in [1.29, 1.82) is 0 Å². The van der Waals surface area contributed by atoms with Gasteiger partial charge in [-0.25, -0.2) is 0 Å². The van der Waals surface area contributed by atoms with Crippen LogP contribution in [0.25, 0.3) is 10.8 Å². The van der Waals surface area contributed by atoms with Crippen LogP contribution in [0, 0.1) is 23.7 Å². The summed E-state index contributed by atoms with van der Waals surface area (Å²) in [4.78, 5) is 0. The molecule has 0 heterocycles. The Morgan fingerprint density at radius 3 is 1.06 bits per heavy atom. The summed E-state index contributed by atoms with van der Waals surface area (Å²) in [5, 5.41) is 2.53. The minimum absolute atomic E-state index is 0.0245. The molecule has 0 fully saturated rings. The summed E-state index contributed by atoms with van der Waals surface area (Å²) in [6.07, 6.45) is 0. The molecule has 0 aromatic heterocycles. The summed E-state index contributed by atoms with van der Waals surface area (Å²) in [6, 6.07) is 29.4. The Balaban J connectivity index is 1.96. The summed E-state index contributed by atoms with van der Waals surface area (Å²) < 4.78 is 0. The van der Waals surface area contributed by atoms with Crippen molar-refractivity contribution < 1.29 is 0 Å². The van der Waals surface area contributed by atoms with E-state index in [0.717, 1.165) is 22.3 Å². The molecule has 0 nitrogen and oxygen atoms in total. The lowest BCUT2D eigenvalue weighted by molar-refractivity contribution is 0.590. The first-order valence-electron chi connectivity index (χ1n) is 11.9. The Bertz CT molecular complexity index is 1320. The Morgan fingerprint density at radius 2 is 0.735 bits per heavy atom. The molecule has 0 N–H and O–H groups in total. The van der Waals surface area contributed by atoms with Crippen molar-refractivity contribution >= 4 is 10.8 Å². The van der Waals surface area contributed by atoms with Gasteiger partial charge in [0.1, 0.15) is 0 Å². The highest BCUT2D eigenvalue weighted by Gasteiger charge is 2.23. The van der Waals surface area contributed by atoms with Gasteiger partial charge in [0.2, 0.25) is 0 Å². The van der Waals surface area contributed by atoms with Crippen molar-refractivity contribution in [3.63, 3.8) is 0 Å². The van der Waals surface area contributed by atoms with Gasteiger partial charge in [-0.05, 0) is 81.3 Å². The van der Waals surface area contributed by atoms with Crippen LogP contribution in [-0.4, -0.2) is 0 Å². The SMILES string of the molecule is CC(C)(C)c1cc(C#Cc2ccccc2)cc2c(C(C)(C)C)cc(C#Cc3ccccc3)cc12. The van der Waals surface area contributed by atoms with Crippen LogP contribution in [0.5, 0.6) is 0 Å². The molecule has 0 spiro atoms. The molecule has 0 aliphatic carbocycles. The van der Waals surface area contributed by atoms with Gasteiger partial charge in [0.15, 0.2) is 0 Å². The fourth-order valence-electron chi connectivity index (χ4n) is 4.18. The van der Waals surface area contributed by atoms with Gasteiger partial charge < -0.3 is 0 Å². The molecule has 0 bridgehead atoms. The van der Waals surface area contributed by atoms with Crippen LogP contribution in [0.1, 0.15) is 74.9 Å². The van der Waals surface area contributed by atoms with E-state index in [4.69, 9.17) is 0 Å². The molecule has 4 aromatic carbocycles. The third kappa shape index (κ3) is 5.42. The molecule has 0 saturated carbocycles. The number of rotatable bonds is 0. The van der Waals surface area contributed by atoms with Crippen molar-refractivity contribution in [2.75, 3.05) is 0 Å². The van der Waals surface area contributed by atoms with Gasteiger partial charge in [-0.2, -0.15) is 0 Å². The molecule has 4 rings (SSSR count). The molecule has 168 valence electrons. The first-order chi connectivity index (χ1) is 16.1. The maximum absolute atomic E-state index is 3.43. The van der Waals surface area contributed by atoms with Crippen LogP contribution in [0.4, 0.5) is 0 Å². The van der Waals surface area contributed by atoms with Gasteiger partial charge in [0.25, 0.3) is 0 Å². The smallest absolute Gasteiger partial charge is 0.0258 e. The van der Waals surface area contributed by atoms with Crippen LogP contribution in [0.15, 0.2) is 84.9 Å². The van der Waals surface area contributed by atoms with Crippen LogP contribution in [0.3, 0.4) is 0 Å². The topological polar surface area (TPSA) is 0 Å². The van der Waals surface area contributed by atoms with E-state index in [-0.39, 0.29) is 10.8 Å². The van der Waals surface area contributed by atoms with Gasteiger partial charge in [-0.15, -0.1) is 0 Å². The van der Waals surface area contributed by atoms with Gasteiger partial charge in [0.05, 0.1) is 0 Å². The summed E-state index contributed by atoms with van der Waals surface area (Å²) >= 11 is 0. The van der Waals surface area contributed by atoms with Crippen molar-refractivity contribution in [3.8, 4) is 23.7 Å². The first-order valence-corrected chi connectivity index (χ1v) is 11.9. The predicted octanol–water partition coefficient (Wildman–Crippen LogP) is 8.23. The molecule has 0 amide bonds. The lowest BCUT2D eigenvalue weighted by Gasteiger charge is -2.27. The molecular formula is C34H32. The first kappa shape index (κ1) is 23.4. The molecule has 0 aliphatic heterocycles. The van der Waals surface area contributed by atoms with E-state index in [1.54, 1.807) is 0 Å². The van der Waals surface area contributed by atoms with E-state index in [1.165, 1.54) is 21.9 Å². The number of hydrogen-bond donors (Lipinski definition) is 0. The van der Waals surface area contributed by atoms with Crippen LogP contribution in [0.2, 0.25) is 0 Å². The molecule has 34 heavy (non-hydrogen) atoms. The molecular weight excluding hydrogens is 408 g/mol. The fraction of sp³-hybridized carbons (Fsp3) is 0.235. The van der Waals surface area contributed by atoms with Crippen molar-refractivity contribution in [1.82, 2.24) is 0 Å². The van der Waals surface area contributed by atoms with E-state index in [1.807, 2.05) is 36.4 Å². The van der Waals surface area contributed by atoms with Crippen LogP contribution >= 0.6 is 0 Å². The Morgan fingerprint density at radius 1 is 0.412 bits per heavy atom. The van der Waals surface area contributed by atoms with E-state index in [9.17, 15) is 0 Å². The number of hydrogen-bond acceptors (Lipinski definition) is 0. The largest absolute Gasteiger partial charge is 0.0622 e. The van der Waals surface area contributed by atoms with Crippen LogP contribution < -0.4 is 0 Å². The van der Waals surface area contributed by atoms with Crippen molar-refractivity contribution in [2.45, 2.75) is 52.4 Å². The monoisotopic (exact) mass is 440 g/mol. The summed E-state index contributed by atoms with van der Waals surface area (Å²) in [5.74, 6) is 13.5. The fourth-order valence-corrected chi connectivity index (χ4v) is 4.18. The second-order valence-electron chi connectivity index (χ2n) is 10.9. The third-order valence-corrected chi connectivity index (χ3v) is 5.94. The Hall–Kier alpha value is -3.74. The number of fused-ring (bicyclic) bond motifs is 1. The Kier molecular flexibility index (Phi) is 6.37. The van der Waals surface area contributed by atoms with Gasteiger partial charge in [-0.1, -0.05) is 102 Å². The highest BCUT2D eigenvalue weighted by Crippen LogP contribution is 2.37. The average molecular weight is 441 g/mol. The minimum Gasteiger partial charge on any atom is -0.0622 e. The molecule has 0 unspecified atom stereocenters. The molecule has 4 aromatic rings. The van der Waals surface area contributed by atoms with Gasteiger partial charge in [-0.3, -0.25) is 0 Å². The van der Waals surface area contributed by atoms with Gasteiger partial charge >= 0.3 is 0 Å². The van der Waals surface area contributed by atoms with Crippen molar-refractivity contribution in [3.05, 3.63) is 118 Å². The summed E-state index contributed by atoms with van der Waals surface area (Å²) in [5.41, 5.74) is 6.72. The minimum atomic E-state index is -0.0245. The lowest BCUT2D eigenvalue weighted by Crippen LogP contribution is -2.16. The summed E-state index contributed by atoms with van der Waals surface area (Å²) in [6.45, 7) is 13.6. The normalized spacial score (nSPS) is 11.4. The number of benzene rings is 4. The highest BCUT2D eigenvalue weighted by atomic mass is 14.3.